The Hall–Kier alpha value is -3.92. The van der Waals surface area contributed by atoms with E-state index in [0.717, 1.165) is 51.6 Å². The van der Waals surface area contributed by atoms with Gasteiger partial charge in [0.05, 0.1) is 47.2 Å². The van der Waals surface area contributed by atoms with Crippen molar-refractivity contribution >= 4 is 28.3 Å². The molecule has 1 N–H and O–H groups in total. The molecule has 0 spiro atoms. The van der Waals surface area contributed by atoms with Crippen LogP contribution >= 0.6 is 0 Å². The van der Waals surface area contributed by atoms with Crippen molar-refractivity contribution in [2.45, 2.75) is 26.8 Å². The van der Waals surface area contributed by atoms with Crippen molar-refractivity contribution in [3.8, 4) is 17.2 Å². The van der Waals surface area contributed by atoms with Crippen molar-refractivity contribution in [3.05, 3.63) is 47.9 Å². The number of nitrogens with one attached hydrogen (secondary N) is 1. The predicted molar refractivity (Wildman–Crippen MR) is 130 cm³/mol. The summed E-state index contributed by atoms with van der Waals surface area (Å²) in [4.78, 5) is 12.1. The van der Waals surface area contributed by atoms with Crippen LogP contribution in [0.15, 0.2) is 40.9 Å². The summed E-state index contributed by atoms with van der Waals surface area (Å²) in [5, 5.41) is 12.4. The zero-order valence-electron chi connectivity index (χ0n) is 19.6. The highest BCUT2D eigenvalue weighted by molar-refractivity contribution is 5.82. The molecule has 0 bridgehead atoms. The first kappa shape index (κ1) is 20.7. The van der Waals surface area contributed by atoms with Gasteiger partial charge >= 0.3 is 0 Å². The maximum Gasteiger partial charge on any atom is 0.257 e. The molecule has 1 aliphatic heterocycles. The van der Waals surface area contributed by atoms with Crippen molar-refractivity contribution in [3.63, 3.8) is 0 Å². The molecule has 0 unspecified atom stereocenters. The van der Waals surface area contributed by atoms with Crippen molar-refractivity contribution in [2.75, 3.05) is 37.0 Å². The number of rotatable bonds is 4. The number of imidazole rings is 1. The molecule has 10 nitrogen and oxygen atoms in total. The summed E-state index contributed by atoms with van der Waals surface area (Å²) >= 11 is 0. The molecule has 34 heavy (non-hydrogen) atoms. The third-order valence-corrected chi connectivity index (χ3v) is 6.39. The second kappa shape index (κ2) is 7.84. The summed E-state index contributed by atoms with van der Waals surface area (Å²) in [7, 11) is 1.85. The summed E-state index contributed by atoms with van der Waals surface area (Å²) in [6, 6.07) is 12.3. The fourth-order valence-corrected chi connectivity index (χ4v) is 4.75. The molecular weight excluding hydrogens is 432 g/mol. The number of aromatic nitrogens is 6. The Kier molecular flexibility index (Phi) is 4.77. The van der Waals surface area contributed by atoms with Gasteiger partial charge in [-0.25, -0.2) is 14.1 Å². The maximum atomic E-state index is 5.70. The van der Waals surface area contributed by atoms with Crippen LogP contribution in [-0.2, 0) is 4.74 Å². The van der Waals surface area contributed by atoms with Gasteiger partial charge in [-0.05, 0) is 45.0 Å². The monoisotopic (exact) mass is 458 g/mol. The average molecular weight is 459 g/mol. The van der Waals surface area contributed by atoms with E-state index in [1.54, 1.807) is 0 Å². The molecule has 1 fully saturated rings. The Morgan fingerprint density at radius 1 is 1.06 bits per heavy atom. The van der Waals surface area contributed by atoms with Gasteiger partial charge in [0, 0.05) is 13.6 Å². The van der Waals surface area contributed by atoms with E-state index in [0.29, 0.717) is 25.1 Å². The molecule has 10 heteroatoms. The highest BCUT2D eigenvalue weighted by atomic mass is 16.5. The fraction of sp³-hybridized carbons (Fsp3) is 0.333. The molecule has 1 aromatic carbocycles. The minimum Gasteiger partial charge on any atom is -0.377 e. The van der Waals surface area contributed by atoms with E-state index in [2.05, 4.69) is 34.4 Å². The second-order valence-corrected chi connectivity index (χ2v) is 8.58. The zero-order chi connectivity index (χ0) is 23.4. The number of ether oxygens (including phenoxy) is 1. The first-order valence-electron chi connectivity index (χ1n) is 11.4. The summed E-state index contributed by atoms with van der Waals surface area (Å²) in [6.07, 6.45) is 0. The molecule has 6 rings (SSSR count). The van der Waals surface area contributed by atoms with Crippen LogP contribution in [0.2, 0.25) is 0 Å². The number of para-hydroxylation sites is 2. The largest absolute Gasteiger partial charge is 0.377 e. The molecule has 0 amide bonds. The van der Waals surface area contributed by atoms with Gasteiger partial charge in [0.1, 0.15) is 11.3 Å². The SMILES string of the molecule is CNc1nc2ccccc2n1-c1nc(N2CCOC[C@H]2C)c2ccc(-c3c(C)noc3C)n2n1. The van der Waals surface area contributed by atoms with Crippen LogP contribution in [0.1, 0.15) is 18.4 Å². The van der Waals surface area contributed by atoms with E-state index in [4.69, 9.17) is 24.3 Å². The summed E-state index contributed by atoms with van der Waals surface area (Å²) in [6.45, 7) is 8.08. The Balaban J connectivity index is 1.67. The predicted octanol–water partition coefficient (Wildman–Crippen LogP) is 3.61. The van der Waals surface area contributed by atoms with Gasteiger partial charge in [-0.2, -0.15) is 4.98 Å². The van der Waals surface area contributed by atoms with Crippen molar-refractivity contribution in [2.24, 2.45) is 0 Å². The lowest BCUT2D eigenvalue weighted by molar-refractivity contribution is 0.0986. The molecule has 4 aromatic heterocycles. The molecule has 5 heterocycles. The first-order chi connectivity index (χ1) is 16.6. The van der Waals surface area contributed by atoms with Crippen LogP contribution in [0.3, 0.4) is 0 Å². The Bertz CT molecular complexity index is 1500. The van der Waals surface area contributed by atoms with Crippen LogP contribution < -0.4 is 10.2 Å². The highest BCUT2D eigenvalue weighted by Crippen LogP contribution is 2.33. The van der Waals surface area contributed by atoms with Crippen LogP contribution in [0.4, 0.5) is 11.8 Å². The van der Waals surface area contributed by atoms with E-state index < -0.39 is 0 Å². The van der Waals surface area contributed by atoms with Crippen LogP contribution in [0.5, 0.6) is 0 Å². The van der Waals surface area contributed by atoms with E-state index in [1.807, 2.05) is 54.2 Å². The molecule has 174 valence electrons. The molecule has 1 atom stereocenters. The number of aryl methyl sites for hydroxylation is 2. The van der Waals surface area contributed by atoms with Gasteiger partial charge in [-0.3, -0.25) is 0 Å². The third-order valence-electron chi connectivity index (χ3n) is 6.39. The van der Waals surface area contributed by atoms with Crippen molar-refractivity contribution in [1.82, 2.24) is 29.3 Å². The topological polar surface area (TPSA) is 98.5 Å². The fourth-order valence-electron chi connectivity index (χ4n) is 4.75. The van der Waals surface area contributed by atoms with Crippen molar-refractivity contribution < 1.29 is 9.26 Å². The lowest BCUT2D eigenvalue weighted by atomic mass is 10.1. The van der Waals surface area contributed by atoms with Gasteiger partial charge in [0.15, 0.2) is 5.82 Å². The Morgan fingerprint density at radius 2 is 1.91 bits per heavy atom. The molecule has 5 aromatic rings. The lowest BCUT2D eigenvalue weighted by Gasteiger charge is -2.34. The minimum atomic E-state index is 0.181. The number of anilines is 2. The van der Waals surface area contributed by atoms with Gasteiger partial charge in [0.25, 0.3) is 5.95 Å². The minimum absolute atomic E-state index is 0.181. The van der Waals surface area contributed by atoms with Gasteiger partial charge in [0.2, 0.25) is 5.95 Å². The highest BCUT2D eigenvalue weighted by Gasteiger charge is 2.27. The quantitative estimate of drug-likeness (QED) is 0.436. The average Bonchev–Trinajstić information content (AvgIpc) is 3.53. The van der Waals surface area contributed by atoms with E-state index in [9.17, 15) is 0 Å². The molecular formula is C24H26N8O2. The third kappa shape index (κ3) is 3.06. The van der Waals surface area contributed by atoms with Gasteiger partial charge in [-0.1, -0.05) is 17.3 Å². The molecule has 1 saturated heterocycles. The first-order valence-corrected chi connectivity index (χ1v) is 11.4. The number of fused-ring (bicyclic) bond motifs is 2. The maximum absolute atomic E-state index is 5.70. The summed E-state index contributed by atoms with van der Waals surface area (Å²) in [5.74, 6) is 2.82. The van der Waals surface area contributed by atoms with Crippen LogP contribution in [0, 0.1) is 13.8 Å². The number of hydrogen-bond acceptors (Lipinski definition) is 8. The second-order valence-electron chi connectivity index (χ2n) is 8.58. The standard InChI is InChI=1S/C24H26N8O2/c1-14-13-33-12-11-30(14)22-20-10-9-19(21-15(2)29-34-16(21)3)32(20)28-24(27-22)31-18-8-6-5-7-17(18)26-23(31)25-4/h5-10,14H,11-13H2,1-4H3,(H,25,26)/t14-/m1/s1. The summed E-state index contributed by atoms with van der Waals surface area (Å²) < 4.78 is 15.1. The lowest BCUT2D eigenvalue weighted by Crippen LogP contribution is -2.44. The normalized spacial score (nSPS) is 16.6. The van der Waals surface area contributed by atoms with E-state index in [1.165, 1.54) is 0 Å². The Morgan fingerprint density at radius 3 is 2.68 bits per heavy atom. The number of hydrogen-bond donors (Lipinski definition) is 1. The molecule has 1 aliphatic rings. The molecule has 0 radical (unpaired) electrons. The van der Waals surface area contributed by atoms with Crippen LogP contribution in [0.25, 0.3) is 33.8 Å². The number of morpholine rings is 1. The van der Waals surface area contributed by atoms with Crippen molar-refractivity contribution in [1.29, 1.82) is 0 Å². The molecule has 0 aliphatic carbocycles. The van der Waals surface area contributed by atoms with Crippen LogP contribution in [-0.4, -0.2) is 62.2 Å². The van der Waals surface area contributed by atoms with E-state index >= 15 is 0 Å². The van der Waals surface area contributed by atoms with Gasteiger partial charge in [-0.15, -0.1) is 5.10 Å². The Labute approximate surface area is 196 Å². The summed E-state index contributed by atoms with van der Waals surface area (Å²) in [5.41, 5.74) is 5.39. The number of benzene rings is 1. The van der Waals surface area contributed by atoms with Gasteiger partial charge < -0.3 is 19.5 Å². The number of nitrogens with zero attached hydrogens (tertiary/aromatic N) is 7. The molecule has 0 saturated carbocycles. The smallest absolute Gasteiger partial charge is 0.257 e. The van der Waals surface area contributed by atoms with E-state index in [-0.39, 0.29) is 6.04 Å². The zero-order valence-corrected chi connectivity index (χ0v) is 19.6.